The predicted octanol–water partition coefficient (Wildman–Crippen LogP) is 3.30. The third kappa shape index (κ3) is 2.51. The smallest absolute Gasteiger partial charge is 0.337 e. The molecule has 0 saturated carbocycles. The van der Waals surface area contributed by atoms with Gasteiger partial charge in [0.2, 0.25) is 0 Å². The molecule has 1 aromatic heterocycles. The number of methoxy groups -OCH3 is 2. The van der Waals surface area contributed by atoms with E-state index < -0.39 is 0 Å². The first kappa shape index (κ1) is 14.7. The van der Waals surface area contributed by atoms with E-state index in [0.717, 1.165) is 16.6 Å². The van der Waals surface area contributed by atoms with E-state index in [1.165, 1.54) is 14.2 Å². The Kier molecular flexibility index (Phi) is 3.73. The molecular weight excluding hydrogens is 292 g/mol. The van der Waals surface area contributed by atoms with Gasteiger partial charge in [-0.1, -0.05) is 0 Å². The summed E-state index contributed by atoms with van der Waals surface area (Å²) in [5.74, 6) is 0.165. The summed E-state index contributed by atoms with van der Waals surface area (Å²) in [6.07, 6.45) is 1.91. The van der Waals surface area contributed by atoms with Crippen LogP contribution in [0.4, 0.5) is 0 Å². The van der Waals surface area contributed by atoms with Gasteiger partial charge in [0.1, 0.15) is 11.8 Å². The minimum Gasteiger partial charge on any atom is -0.495 e. The summed E-state index contributed by atoms with van der Waals surface area (Å²) < 4.78 is 12.0. The Morgan fingerprint density at radius 2 is 1.96 bits per heavy atom. The number of aromatic nitrogens is 1. The van der Waals surface area contributed by atoms with Crippen LogP contribution in [0.25, 0.3) is 16.6 Å². The second-order valence-electron chi connectivity index (χ2n) is 4.95. The Morgan fingerprint density at radius 1 is 1.13 bits per heavy atom. The number of nitrogens with zero attached hydrogens (tertiary/aromatic N) is 2. The van der Waals surface area contributed by atoms with Crippen LogP contribution >= 0.6 is 0 Å². The van der Waals surface area contributed by atoms with Crippen LogP contribution in [0.3, 0.4) is 0 Å². The van der Waals surface area contributed by atoms with Gasteiger partial charge in [-0.15, -0.1) is 0 Å². The van der Waals surface area contributed by atoms with Gasteiger partial charge < -0.3 is 14.0 Å². The summed E-state index contributed by atoms with van der Waals surface area (Å²) in [7, 11) is 2.90. The van der Waals surface area contributed by atoms with Crippen molar-refractivity contribution in [2.45, 2.75) is 0 Å². The van der Waals surface area contributed by atoms with Crippen LogP contribution in [0.2, 0.25) is 0 Å². The molecule has 1 heterocycles. The fourth-order valence-electron chi connectivity index (χ4n) is 2.53. The van der Waals surface area contributed by atoms with Gasteiger partial charge in [-0.3, -0.25) is 0 Å². The monoisotopic (exact) mass is 306 g/mol. The third-order valence-corrected chi connectivity index (χ3v) is 3.70. The lowest BCUT2D eigenvalue weighted by Crippen LogP contribution is -2.00. The summed E-state index contributed by atoms with van der Waals surface area (Å²) in [6.45, 7) is 0. The van der Waals surface area contributed by atoms with Gasteiger partial charge in [0.15, 0.2) is 0 Å². The number of carbonyl (C=O) groups is 1. The van der Waals surface area contributed by atoms with Crippen LogP contribution in [-0.4, -0.2) is 24.8 Å². The summed E-state index contributed by atoms with van der Waals surface area (Å²) in [4.78, 5) is 11.6. The summed E-state index contributed by atoms with van der Waals surface area (Å²) in [5, 5.41) is 10.00. The molecule has 2 aromatic carbocycles. The Balaban J connectivity index is 2.11. The largest absolute Gasteiger partial charge is 0.495 e. The fourth-order valence-corrected chi connectivity index (χ4v) is 2.53. The first-order chi connectivity index (χ1) is 11.2. The van der Waals surface area contributed by atoms with Crippen molar-refractivity contribution < 1.29 is 14.3 Å². The van der Waals surface area contributed by atoms with Crippen molar-refractivity contribution in [3.05, 3.63) is 59.8 Å². The van der Waals surface area contributed by atoms with Crippen molar-refractivity contribution in [2.24, 2.45) is 0 Å². The standard InChI is InChI=1S/C18H14N2O3/c1-22-17-10-15(5-3-14(17)11-19)20-8-7-12-9-13(18(21)23-2)4-6-16(12)20/h3-10H,1-2H3. The molecule has 0 spiro atoms. The Labute approximate surface area is 133 Å². The van der Waals surface area contributed by atoms with Gasteiger partial charge in [-0.25, -0.2) is 4.79 Å². The zero-order valence-corrected chi connectivity index (χ0v) is 12.7. The van der Waals surface area contributed by atoms with E-state index in [9.17, 15) is 4.79 Å². The van der Waals surface area contributed by atoms with Gasteiger partial charge in [0.05, 0.1) is 30.9 Å². The maximum absolute atomic E-state index is 11.6. The molecule has 23 heavy (non-hydrogen) atoms. The van der Waals surface area contributed by atoms with Crippen LogP contribution < -0.4 is 4.74 Å². The molecule has 114 valence electrons. The highest BCUT2D eigenvalue weighted by Gasteiger charge is 2.10. The Hall–Kier alpha value is -3.26. The van der Waals surface area contributed by atoms with Crippen LogP contribution in [0.15, 0.2) is 48.7 Å². The zero-order chi connectivity index (χ0) is 16.4. The SMILES string of the molecule is COC(=O)c1ccc2c(ccn2-c2ccc(C#N)c(OC)c2)c1. The second-order valence-corrected chi connectivity index (χ2v) is 4.95. The molecule has 0 aliphatic heterocycles. The molecule has 0 radical (unpaired) electrons. The average Bonchev–Trinajstić information content (AvgIpc) is 3.03. The lowest BCUT2D eigenvalue weighted by Gasteiger charge is -2.09. The molecule has 0 aliphatic carbocycles. The Bertz CT molecular complexity index is 935. The molecule has 0 unspecified atom stereocenters. The van der Waals surface area contributed by atoms with Gasteiger partial charge in [-0.2, -0.15) is 5.26 Å². The quantitative estimate of drug-likeness (QED) is 0.696. The number of hydrogen-bond donors (Lipinski definition) is 0. The number of esters is 1. The van der Waals surface area contributed by atoms with Crippen molar-refractivity contribution >= 4 is 16.9 Å². The second kappa shape index (κ2) is 5.85. The molecule has 0 N–H and O–H groups in total. The van der Waals surface area contributed by atoms with Crippen LogP contribution in [0.5, 0.6) is 5.75 Å². The van der Waals surface area contributed by atoms with Crippen molar-refractivity contribution in [3.63, 3.8) is 0 Å². The third-order valence-electron chi connectivity index (χ3n) is 3.70. The zero-order valence-electron chi connectivity index (χ0n) is 12.7. The molecule has 0 atom stereocenters. The van der Waals surface area contributed by atoms with Gasteiger partial charge in [0, 0.05) is 23.3 Å². The topological polar surface area (TPSA) is 64.2 Å². The highest BCUT2D eigenvalue weighted by Crippen LogP contribution is 2.26. The highest BCUT2D eigenvalue weighted by molar-refractivity contribution is 5.95. The lowest BCUT2D eigenvalue weighted by atomic mass is 10.1. The van der Waals surface area contributed by atoms with Crippen molar-refractivity contribution in [2.75, 3.05) is 14.2 Å². The number of ether oxygens (including phenoxy) is 2. The first-order valence-electron chi connectivity index (χ1n) is 6.96. The molecule has 5 heteroatoms. The van der Waals surface area contributed by atoms with Crippen molar-refractivity contribution in [1.29, 1.82) is 5.26 Å². The van der Waals surface area contributed by atoms with E-state index in [1.807, 2.05) is 35.0 Å². The number of hydrogen-bond acceptors (Lipinski definition) is 4. The number of benzene rings is 2. The van der Waals surface area contributed by atoms with Crippen LogP contribution in [-0.2, 0) is 4.74 Å². The van der Waals surface area contributed by atoms with E-state index >= 15 is 0 Å². The molecule has 0 bridgehead atoms. The van der Waals surface area contributed by atoms with Gasteiger partial charge >= 0.3 is 5.97 Å². The van der Waals surface area contributed by atoms with E-state index in [4.69, 9.17) is 14.7 Å². The maximum atomic E-state index is 11.6. The van der Waals surface area contributed by atoms with E-state index in [1.54, 1.807) is 18.2 Å². The fraction of sp³-hybridized carbons (Fsp3) is 0.111. The van der Waals surface area contributed by atoms with Crippen LogP contribution in [0.1, 0.15) is 15.9 Å². The van der Waals surface area contributed by atoms with Crippen molar-refractivity contribution in [3.8, 4) is 17.5 Å². The number of carbonyl (C=O) groups excluding carboxylic acids is 1. The minimum atomic E-state index is -0.361. The minimum absolute atomic E-state index is 0.361. The van der Waals surface area contributed by atoms with E-state index in [2.05, 4.69) is 6.07 Å². The number of nitriles is 1. The highest BCUT2D eigenvalue weighted by atomic mass is 16.5. The lowest BCUT2D eigenvalue weighted by molar-refractivity contribution is 0.0601. The summed E-state index contributed by atoms with van der Waals surface area (Å²) in [5.41, 5.74) is 2.82. The molecule has 5 nitrogen and oxygen atoms in total. The molecule has 0 aliphatic rings. The molecule has 0 amide bonds. The average molecular weight is 306 g/mol. The maximum Gasteiger partial charge on any atom is 0.337 e. The molecule has 3 rings (SSSR count). The van der Waals surface area contributed by atoms with Gasteiger partial charge in [-0.05, 0) is 36.4 Å². The van der Waals surface area contributed by atoms with Crippen molar-refractivity contribution in [1.82, 2.24) is 4.57 Å². The number of fused-ring (bicyclic) bond motifs is 1. The molecular formula is C18H14N2O3. The van der Waals surface area contributed by atoms with E-state index in [0.29, 0.717) is 16.9 Å². The Morgan fingerprint density at radius 3 is 2.65 bits per heavy atom. The molecule has 0 saturated heterocycles. The van der Waals surface area contributed by atoms with Gasteiger partial charge in [0.25, 0.3) is 0 Å². The molecule has 3 aromatic rings. The summed E-state index contributed by atoms with van der Waals surface area (Å²) in [6, 6.07) is 14.8. The van der Waals surface area contributed by atoms with Crippen LogP contribution in [0, 0.1) is 11.3 Å². The predicted molar refractivity (Wildman–Crippen MR) is 85.9 cm³/mol. The first-order valence-corrected chi connectivity index (χ1v) is 6.96. The van der Waals surface area contributed by atoms with E-state index in [-0.39, 0.29) is 5.97 Å². The normalized spacial score (nSPS) is 10.3. The number of rotatable bonds is 3. The molecule has 0 fully saturated rings. The summed E-state index contributed by atoms with van der Waals surface area (Å²) >= 11 is 0.